The summed E-state index contributed by atoms with van der Waals surface area (Å²) < 4.78 is 0. The smallest absolute Gasteiger partial charge is 0.0499 e. The predicted molar refractivity (Wildman–Crippen MR) is 76.0 cm³/mol. The van der Waals surface area contributed by atoms with Gasteiger partial charge in [-0.05, 0) is 56.4 Å². The summed E-state index contributed by atoms with van der Waals surface area (Å²) in [4.78, 5) is 2.41. The van der Waals surface area contributed by atoms with Gasteiger partial charge in [-0.1, -0.05) is 31.2 Å². The van der Waals surface area contributed by atoms with Crippen molar-refractivity contribution < 1.29 is 5.11 Å². The van der Waals surface area contributed by atoms with Gasteiger partial charge in [-0.3, -0.25) is 0 Å². The number of piperidine rings is 1. The molecule has 0 spiro atoms. The van der Waals surface area contributed by atoms with E-state index in [1.54, 1.807) is 0 Å². The van der Waals surface area contributed by atoms with Gasteiger partial charge in [-0.25, -0.2) is 0 Å². The minimum Gasteiger partial charge on any atom is -0.396 e. The summed E-state index contributed by atoms with van der Waals surface area (Å²) >= 11 is 0. The van der Waals surface area contributed by atoms with Crippen molar-refractivity contribution in [2.24, 2.45) is 0 Å². The molecular weight excluding hydrogens is 222 g/mol. The summed E-state index contributed by atoms with van der Waals surface area (Å²) in [6.45, 7) is 4.80. The Labute approximate surface area is 111 Å². The molecule has 1 aromatic rings. The Balaban J connectivity index is 2.11. The minimum atomic E-state index is 0.257. The molecule has 0 radical (unpaired) electrons. The Kier molecular flexibility index (Phi) is 4.79. The van der Waals surface area contributed by atoms with E-state index in [-0.39, 0.29) is 6.61 Å². The van der Waals surface area contributed by atoms with Gasteiger partial charge in [0.15, 0.2) is 0 Å². The summed E-state index contributed by atoms with van der Waals surface area (Å²) in [7, 11) is 2.20. The van der Waals surface area contributed by atoms with Gasteiger partial charge in [0.05, 0.1) is 0 Å². The van der Waals surface area contributed by atoms with E-state index < -0.39 is 0 Å². The van der Waals surface area contributed by atoms with Gasteiger partial charge in [0.25, 0.3) is 0 Å². The van der Waals surface area contributed by atoms with Crippen LogP contribution < -0.4 is 0 Å². The van der Waals surface area contributed by atoms with Crippen molar-refractivity contribution in [2.45, 2.75) is 38.0 Å². The molecular formula is C16H25NO. The summed E-state index contributed by atoms with van der Waals surface area (Å²) in [6.07, 6.45) is 3.53. The van der Waals surface area contributed by atoms with Gasteiger partial charge in [-0.2, -0.15) is 0 Å². The molecule has 0 aliphatic carbocycles. The molecule has 1 atom stereocenters. The summed E-state index contributed by atoms with van der Waals surface area (Å²) in [6, 6.07) is 8.88. The van der Waals surface area contributed by atoms with E-state index in [1.165, 1.54) is 37.1 Å². The van der Waals surface area contributed by atoms with Crippen LogP contribution in [0, 0.1) is 0 Å². The number of rotatable bonds is 4. The zero-order valence-corrected chi connectivity index (χ0v) is 11.6. The van der Waals surface area contributed by atoms with Crippen molar-refractivity contribution >= 4 is 0 Å². The van der Waals surface area contributed by atoms with Crippen LogP contribution in [-0.2, 0) is 0 Å². The van der Waals surface area contributed by atoms with Crippen molar-refractivity contribution in [3.63, 3.8) is 0 Å². The lowest BCUT2D eigenvalue weighted by molar-refractivity contribution is 0.254. The minimum absolute atomic E-state index is 0.257. The second-order valence-electron chi connectivity index (χ2n) is 5.54. The highest BCUT2D eigenvalue weighted by molar-refractivity contribution is 5.29. The Morgan fingerprint density at radius 2 is 2.06 bits per heavy atom. The Hall–Kier alpha value is -0.860. The normalized spacial score (nSPS) is 19.9. The first-order valence-electron chi connectivity index (χ1n) is 7.13. The maximum absolute atomic E-state index is 9.41. The largest absolute Gasteiger partial charge is 0.396 e. The number of likely N-dealkylation sites (tertiary alicyclic amines) is 1. The molecule has 100 valence electrons. The number of hydrogen-bond donors (Lipinski definition) is 1. The van der Waals surface area contributed by atoms with Crippen molar-refractivity contribution in [1.82, 2.24) is 4.90 Å². The lowest BCUT2D eigenvalue weighted by Gasteiger charge is -2.29. The molecule has 2 heteroatoms. The van der Waals surface area contributed by atoms with Crippen LogP contribution in [0.2, 0.25) is 0 Å². The maximum Gasteiger partial charge on any atom is 0.0499 e. The van der Waals surface area contributed by atoms with Crippen LogP contribution in [0.3, 0.4) is 0 Å². The van der Waals surface area contributed by atoms with E-state index in [4.69, 9.17) is 0 Å². The van der Waals surface area contributed by atoms with E-state index in [2.05, 4.69) is 43.1 Å². The predicted octanol–water partition coefficient (Wildman–Crippen LogP) is 2.98. The van der Waals surface area contributed by atoms with Crippen LogP contribution in [0.1, 0.15) is 49.1 Å². The molecule has 0 bridgehead atoms. The number of aliphatic hydroxyl groups excluding tert-OH is 1. The molecule has 1 fully saturated rings. The van der Waals surface area contributed by atoms with E-state index in [1.807, 2.05) is 0 Å². The average molecular weight is 247 g/mol. The first-order valence-corrected chi connectivity index (χ1v) is 7.13. The van der Waals surface area contributed by atoms with Gasteiger partial charge in [-0.15, -0.1) is 0 Å². The highest BCUT2D eigenvalue weighted by atomic mass is 16.3. The number of aliphatic hydroxyl groups is 1. The molecule has 1 aliphatic rings. The fourth-order valence-corrected chi connectivity index (χ4v) is 2.88. The van der Waals surface area contributed by atoms with E-state index >= 15 is 0 Å². The summed E-state index contributed by atoms with van der Waals surface area (Å²) in [5.41, 5.74) is 2.77. The molecule has 1 aromatic carbocycles. The third-order valence-electron chi connectivity index (χ3n) is 4.29. The second-order valence-corrected chi connectivity index (χ2v) is 5.54. The van der Waals surface area contributed by atoms with Gasteiger partial charge in [0.2, 0.25) is 0 Å². The molecule has 0 saturated carbocycles. The third kappa shape index (κ3) is 3.12. The third-order valence-corrected chi connectivity index (χ3v) is 4.29. The standard InChI is InChI=1S/C16H25NO/c1-3-13(12-18)15-5-4-6-16(11-15)14-7-9-17(2)10-8-14/h4-6,11,13-14,18H,3,7-10,12H2,1-2H3. The van der Waals surface area contributed by atoms with E-state index in [0.29, 0.717) is 11.8 Å². The highest BCUT2D eigenvalue weighted by Crippen LogP contribution is 2.30. The number of benzene rings is 1. The molecule has 2 rings (SSSR count). The zero-order chi connectivity index (χ0) is 13.0. The van der Waals surface area contributed by atoms with Crippen molar-refractivity contribution in [1.29, 1.82) is 0 Å². The Bertz CT molecular complexity index is 365. The molecule has 1 N–H and O–H groups in total. The lowest BCUT2D eigenvalue weighted by Crippen LogP contribution is -2.29. The van der Waals surface area contributed by atoms with Crippen LogP contribution in [0.5, 0.6) is 0 Å². The molecule has 18 heavy (non-hydrogen) atoms. The number of nitrogens with zero attached hydrogens (tertiary/aromatic N) is 1. The van der Waals surface area contributed by atoms with Crippen molar-refractivity contribution in [2.75, 3.05) is 26.7 Å². The summed E-state index contributed by atoms with van der Waals surface area (Å²) in [5, 5.41) is 9.41. The number of hydrogen-bond acceptors (Lipinski definition) is 2. The van der Waals surface area contributed by atoms with E-state index in [0.717, 1.165) is 6.42 Å². The molecule has 0 amide bonds. The zero-order valence-electron chi connectivity index (χ0n) is 11.6. The molecule has 1 saturated heterocycles. The second kappa shape index (κ2) is 6.35. The average Bonchev–Trinajstić information content (AvgIpc) is 2.41. The highest BCUT2D eigenvalue weighted by Gasteiger charge is 2.19. The van der Waals surface area contributed by atoms with Gasteiger partial charge < -0.3 is 10.0 Å². The van der Waals surface area contributed by atoms with Crippen molar-refractivity contribution in [3.05, 3.63) is 35.4 Å². The molecule has 1 unspecified atom stereocenters. The van der Waals surface area contributed by atoms with Crippen LogP contribution in [0.15, 0.2) is 24.3 Å². The van der Waals surface area contributed by atoms with E-state index in [9.17, 15) is 5.11 Å². The summed E-state index contributed by atoms with van der Waals surface area (Å²) in [5.74, 6) is 1.01. The van der Waals surface area contributed by atoms with Crippen LogP contribution in [0.25, 0.3) is 0 Å². The Morgan fingerprint density at radius 1 is 1.33 bits per heavy atom. The fraction of sp³-hybridized carbons (Fsp3) is 0.625. The topological polar surface area (TPSA) is 23.5 Å². The Morgan fingerprint density at radius 3 is 2.67 bits per heavy atom. The maximum atomic E-state index is 9.41. The SMILES string of the molecule is CCC(CO)c1cccc(C2CCN(C)CC2)c1. The van der Waals surface area contributed by atoms with Crippen LogP contribution in [-0.4, -0.2) is 36.8 Å². The first kappa shape index (κ1) is 13.6. The molecule has 0 aromatic heterocycles. The molecule has 1 heterocycles. The lowest BCUT2D eigenvalue weighted by atomic mass is 9.86. The van der Waals surface area contributed by atoms with Crippen LogP contribution in [0.4, 0.5) is 0 Å². The van der Waals surface area contributed by atoms with Crippen LogP contribution >= 0.6 is 0 Å². The van der Waals surface area contributed by atoms with Crippen molar-refractivity contribution in [3.8, 4) is 0 Å². The molecule has 2 nitrogen and oxygen atoms in total. The fourth-order valence-electron chi connectivity index (χ4n) is 2.88. The monoisotopic (exact) mass is 247 g/mol. The first-order chi connectivity index (χ1) is 8.74. The van der Waals surface area contributed by atoms with Gasteiger partial charge >= 0.3 is 0 Å². The van der Waals surface area contributed by atoms with Gasteiger partial charge in [0.1, 0.15) is 0 Å². The molecule has 1 aliphatic heterocycles. The quantitative estimate of drug-likeness (QED) is 0.884. The van der Waals surface area contributed by atoms with Gasteiger partial charge in [0, 0.05) is 12.5 Å².